The van der Waals surface area contributed by atoms with E-state index < -0.39 is 0 Å². The monoisotopic (exact) mass is 277 g/mol. The fourth-order valence-corrected chi connectivity index (χ4v) is 4.35. The number of carbonyl (C=O) groups is 1. The van der Waals surface area contributed by atoms with Crippen molar-refractivity contribution in [3.63, 3.8) is 0 Å². The molecule has 0 bridgehead atoms. The Morgan fingerprint density at radius 3 is 2.45 bits per heavy atom. The first-order valence-electron chi connectivity index (χ1n) is 8.52. The van der Waals surface area contributed by atoms with E-state index in [4.69, 9.17) is 0 Å². The van der Waals surface area contributed by atoms with E-state index in [0.29, 0.717) is 23.3 Å². The molecule has 4 aliphatic rings. The van der Waals surface area contributed by atoms with Gasteiger partial charge in [-0.05, 0) is 63.5 Å². The Hall–Kier alpha value is -0.610. The zero-order valence-corrected chi connectivity index (χ0v) is 12.4. The minimum absolute atomic E-state index is 0.325. The number of nitrogens with one attached hydrogen (secondary N) is 2. The topological polar surface area (TPSA) is 44.4 Å². The molecule has 1 spiro atoms. The van der Waals surface area contributed by atoms with Crippen molar-refractivity contribution < 1.29 is 4.79 Å². The van der Waals surface area contributed by atoms with Gasteiger partial charge in [0.2, 0.25) is 5.91 Å². The number of piperidine rings is 2. The molecule has 1 amide bonds. The molecule has 0 radical (unpaired) electrons. The molecule has 4 fully saturated rings. The standard InChI is InChI=1S/C16H27N3O/c20-15(14-11-16(14)5-7-17-8-6-16)18-12-3-9-19(10-4-12)13-1-2-13/h12-14,17H,1-11H2,(H,18,20). The van der Waals surface area contributed by atoms with Gasteiger partial charge in [-0.3, -0.25) is 4.79 Å². The molecule has 0 aromatic heterocycles. The Morgan fingerprint density at radius 2 is 1.80 bits per heavy atom. The van der Waals surface area contributed by atoms with E-state index in [1.165, 1.54) is 38.8 Å². The fourth-order valence-electron chi connectivity index (χ4n) is 4.35. The summed E-state index contributed by atoms with van der Waals surface area (Å²) in [4.78, 5) is 15.0. The Morgan fingerprint density at radius 1 is 1.10 bits per heavy atom. The second-order valence-corrected chi connectivity index (χ2v) is 7.42. The van der Waals surface area contributed by atoms with E-state index in [1.807, 2.05) is 0 Å². The summed E-state index contributed by atoms with van der Waals surface area (Å²) in [5.74, 6) is 0.683. The van der Waals surface area contributed by atoms with Crippen LogP contribution in [0.1, 0.15) is 44.9 Å². The van der Waals surface area contributed by atoms with Gasteiger partial charge in [0.05, 0.1) is 0 Å². The van der Waals surface area contributed by atoms with Crippen molar-refractivity contribution in [1.82, 2.24) is 15.5 Å². The van der Waals surface area contributed by atoms with Gasteiger partial charge in [-0.25, -0.2) is 0 Å². The van der Waals surface area contributed by atoms with Gasteiger partial charge in [-0.2, -0.15) is 0 Å². The first-order chi connectivity index (χ1) is 9.77. The van der Waals surface area contributed by atoms with Crippen LogP contribution in [-0.2, 0) is 4.79 Å². The van der Waals surface area contributed by atoms with Crippen molar-refractivity contribution in [2.45, 2.75) is 57.0 Å². The van der Waals surface area contributed by atoms with Crippen molar-refractivity contribution >= 4 is 5.91 Å². The van der Waals surface area contributed by atoms with Crippen LogP contribution in [0, 0.1) is 11.3 Å². The third-order valence-corrected chi connectivity index (χ3v) is 6.04. The summed E-state index contributed by atoms with van der Waals surface area (Å²) in [6.45, 7) is 4.58. The predicted octanol–water partition coefficient (Wildman–Crippen LogP) is 1.12. The highest BCUT2D eigenvalue weighted by Crippen LogP contribution is 2.58. The second-order valence-electron chi connectivity index (χ2n) is 7.42. The molecule has 112 valence electrons. The Balaban J connectivity index is 1.24. The van der Waals surface area contributed by atoms with E-state index in [-0.39, 0.29) is 0 Å². The molecular formula is C16H27N3O. The molecule has 20 heavy (non-hydrogen) atoms. The molecule has 4 rings (SSSR count). The molecule has 0 aromatic rings. The number of likely N-dealkylation sites (tertiary alicyclic amines) is 1. The third kappa shape index (κ3) is 2.48. The van der Waals surface area contributed by atoms with E-state index in [2.05, 4.69) is 15.5 Å². The van der Waals surface area contributed by atoms with Gasteiger partial charge in [-0.1, -0.05) is 0 Å². The van der Waals surface area contributed by atoms with Crippen LogP contribution in [0.3, 0.4) is 0 Å². The fraction of sp³-hybridized carbons (Fsp3) is 0.938. The van der Waals surface area contributed by atoms with Crippen molar-refractivity contribution in [2.75, 3.05) is 26.2 Å². The summed E-state index contributed by atoms with van der Waals surface area (Å²) < 4.78 is 0. The van der Waals surface area contributed by atoms with E-state index in [0.717, 1.165) is 38.4 Å². The Bertz CT molecular complexity index is 379. The predicted molar refractivity (Wildman–Crippen MR) is 78.4 cm³/mol. The first kappa shape index (κ1) is 13.1. The van der Waals surface area contributed by atoms with Gasteiger partial charge in [0.1, 0.15) is 0 Å². The molecule has 1 unspecified atom stereocenters. The summed E-state index contributed by atoms with van der Waals surface area (Å²) in [6, 6.07) is 1.32. The minimum atomic E-state index is 0.325. The molecule has 4 nitrogen and oxygen atoms in total. The highest BCUT2D eigenvalue weighted by Gasteiger charge is 2.57. The van der Waals surface area contributed by atoms with Crippen LogP contribution >= 0.6 is 0 Å². The van der Waals surface area contributed by atoms with Gasteiger partial charge in [-0.15, -0.1) is 0 Å². The highest BCUT2D eigenvalue weighted by molar-refractivity contribution is 5.82. The summed E-state index contributed by atoms with van der Waals surface area (Å²) in [7, 11) is 0. The Labute approximate surface area is 121 Å². The minimum Gasteiger partial charge on any atom is -0.353 e. The number of amides is 1. The first-order valence-corrected chi connectivity index (χ1v) is 8.52. The molecule has 4 heteroatoms. The lowest BCUT2D eigenvalue weighted by molar-refractivity contribution is -0.124. The largest absolute Gasteiger partial charge is 0.353 e. The molecule has 2 heterocycles. The van der Waals surface area contributed by atoms with Crippen molar-refractivity contribution in [3.8, 4) is 0 Å². The third-order valence-electron chi connectivity index (χ3n) is 6.04. The average Bonchev–Trinajstić information content (AvgIpc) is 3.37. The van der Waals surface area contributed by atoms with Crippen molar-refractivity contribution in [1.29, 1.82) is 0 Å². The van der Waals surface area contributed by atoms with Crippen LogP contribution in [0.4, 0.5) is 0 Å². The number of hydrogen-bond donors (Lipinski definition) is 2. The van der Waals surface area contributed by atoms with Crippen LogP contribution in [0.5, 0.6) is 0 Å². The molecule has 0 aromatic carbocycles. The van der Waals surface area contributed by atoms with E-state index >= 15 is 0 Å². The van der Waals surface area contributed by atoms with Gasteiger partial charge < -0.3 is 15.5 Å². The maximum absolute atomic E-state index is 12.4. The zero-order chi connectivity index (χ0) is 13.6. The normalized spacial score (nSPS) is 34.1. The number of hydrogen-bond acceptors (Lipinski definition) is 3. The lowest BCUT2D eigenvalue weighted by Crippen LogP contribution is -2.46. The summed E-state index contributed by atoms with van der Waals surface area (Å²) in [5, 5.41) is 6.75. The molecule has 2 saturated heterocycles. The van der Waals surface area contributed by atoms with Crippen molar-refractivity contribution in [3.05, 3.63) is 0 Å². The molecule has 2 aliphatic carbocycles. The number of rotatable bonds is 3. The van der Waals surface area contributed by atoms with Gasteiger partial charge >= 0.3 is 0 Å². The van der Waals surface area contributed by atoms with Gasteiger partial charge in [0.25, 0.3) is 0 Å². The number of carbonyl (C=O) groups excluding carboxylic acids is 1. The van der Waals surface area contributed by atoms with Gasteiger partial charge in [0, 0.05) is 31.1 Å². The van der Waals surface area contributed by atoms with Crippen LogP contribution in [-0.4, -0.2) is 49.1 Å². The molecule has 2 N–H and O–H groups in total. The van der Waals surface area contributed by atoms with Crippen LogP contribution in [0.25, 0.3) is 0 Å². The smallest absolute Gasteiger partial charge is 0.223 e. The second kappa shape index (κ2) is 4.99. The van der Waals surface area contributed by atoms with Crippen LogP contribution in [0.15, 0.2) is 0 Å². The number of nitrogens with zero attached hydrogens (tertiary/aromatic N) is 1. The maximum Gasteiger partial charge on any atom is 0.223 e. The summed E-state index contributed by atoms with van der Waals surface area (Å²) in [6.07, 6.45) is 8.65. The van der Waals surface area contributed by atoms with E-state index in [9.17, 15) is 4.79 Å². The lowest BCUT2D eigenvalue weighted by Gasteiger charge is -2.32. The SMILES string of the molecule is O=C(NC1CCN(C2CC2)CC1)C1CC12CCNCC2. The quantitative estimate of drug-likeness (QED) is 0.812. The van der Waals surface area contributed by atoms with Crippen LogP contribution < -0.4 is 10.6 Å². The Kier molecular flexibility index (Phi) is 3.26. The molecule has 1 atom stereocenters. The average molecular weight is 277 g/mol. The highest BCUT2D eigenvalue weighted by atomic mass is 16.2. The molecule has 2 saturated carbocycles. The van der Waals surface area contributed by atoms with Crippen LogP contribution in [0.2, 0.25) is 0 Å². The van der Waals surface area contributed by atoms with Crippen molar-refractivity contribution in [2.24, 2.45) is 11.3 Å². The van der Waals surface area contributed by atoms with Gasteiger partial charge in [0.15, 0.2) is 0 Å². The molecule has 2 aliphatic heterocycles. The lowest BCUT2D eigenvalue weighted by atomic mass is 9.91. The maximum atomic E-state index is 12.4. The zero-order valence-electron chi connectivity index (χ0n) is 12.4. The summed E-state index contributed by atoms with van der Waals surface area (Å²) >= 11 is 0. The molecular weight excluding hydrogens is 250 g/mol. The summed E-state index contributed by atoms with van der Waals surface area (Å²) in [5.41, 5.74) is 0.379. The van der Waals surface area contributed by atoms with E-state index in [1.54, 1.807) is 0 Å².